The van der Waals surface area contributed by atoms with E-state index in [1.54, 1.807) is 0 Å². The molecule has 1 aliphatic heterocycles. The molecular weight excluding hydrogens is 288 g/mol. The van der Waals surface area contributed by atoms with Gasteiger partial charge in [-0.1, -0.05) is 0 Å². The smallest absolute Gasteiger partial charge is 0.243 e. The molecule has 82 valence electrons. The molecule has 1 aliphatic rings. The molecule has 0 aromatic heterocycles. The highest BCUT2D eigenvalue weighted by atomic mass is 79.9. The predicted molar refractivity (Wildman–Crippen MR) is 56.1 cm³/mol. The molecule has 1 aromatic rings. The molecule has 0 bridgehead atoms. The van der Waals surface area contributed by atoms with E-state index in [1.165, 1.54) is 6.07 Å². The first-order valence-corrected chi connectivity index (χ1v) is 6.15. The third-order valence-corrected chi connectivity index (χ3v) is 3.95. The Morgan fingerprint density at radius 1 is 1.40 bits per heavy atom. The lowest BCUT2D eigenvalue weighted by Crippen LogP contribution is -2.14. The zero-order chi connectivity index (χ0) is 11.2. The second-order valence-electron chi connectivity index (χ2n) is 2.89. The van der Waals surface area contributed by atoms with Gasteiger partial charge in [0.15, 0.2) is 11.5 Å². The number of hydrogen-bond acceptors (Lipinski definition) is 5. The Bertz CT molecular complexity index is 528. The average molecular weight is 295 g/mol. The fraction of sp³-hybridized carbons (Fsp3) is 0.143. The Hall–Kier alpha value is -0.990. The first-order valence-electron chi connectivity index (χ1n) is 3.81. The summed E-state index contributed by atoms with van der Waals surface area (Å²) in [6.45, 7) is -0.0479. The quantitative estimate of drug-likeness (QED) is 0.730. The van der Waals surface area contributed by atoms with Crippen molar-refractivity contribution in [3.05, 3.63) is 10.5 Å². The summed E-state index contributed by atoms with van der Waals surface area (Å²) in [5, 5.41) is 5.05. The van der Waals surface area contributed by atoms with Crippen LogP contribution < -0.4 is 20.3 Å². The average Bonchev–Trinajstić information content (AvgIpc) is 2.50. The summed E-state index contributed by atoms with van der Waals surface area (Å²) >= 11 is 3.05. The maximum Gasteiger partial charge on any atom is 0.243 e. The van der Waals surface area contributed by atoms with E-state index >= 15 is 0 Å². The molecule has 0 amide bonds. The van der Waals surface area contributed by atoms with E-state index in [0.717, 1.165) is 0 Å². The van der Waals surface area contributed by atoms with Gasteiger partial charge < -0.3 is 15.2 Å². The predicted octanol–water partition coefficient (Wildman–Crippen LogP) is 0.407. The molecule has 0 unspecified atom stereocenters. The number of halogens is 1. The minimum atomic E-state index is -3.91. The number of benzene rings is 1. The minimum Gasteiger partial charge on any atom is -0.453 e. The maximum absolute atomic E-state index is 11.3. The van der Waals surface area contributed by atoms with Crippen LogP contribution in [0, 0.1) is 0 Å². The van der Waals surface area contributed by atoms with Gasteiger partial charge in [-0.25, -0.2) is 13.6 Å². The SMILES string of the molecule is Nc1cc2c(c(S(N)(=O)=O)c1Br)OCO2. The van der Waals surface area contributed by atoms with Gasteiger partial charge in [-0.05, 0) is 15.9 Å². The van der Waals surface area contributed by atoms with Crippen molar-refractivity contribution in [1.29, 1.82) is 0 Å². The van der Waals surface area contributed by atoms with Crippen LogP contribution in [0.1, 0.15) is 0 Å². The van der Waals surface area contributed by atoms with Crippen molar-refractivity contribution < 1.29 is 17.9 Å². The third-order valence-electron chi connectivity index (χ3n) is 1.87. The summed E-state index contributed by atoms with van der Waals surface area (Å²) in [7, 11) is -3.91. The number of primary sulfonamides is 1. The van der Waals surface area contributed by atoms with Crippen LogP contribution in [0.4, 0.5) is 5.69 Å². The Labute approximate surface area is 94.3 Å². The molecule has 8 heteroatoms. The van der Waals surface area contributed by atoms with Gasteiger partial charge in [0.05, 0.1) is 10.2 Å². The van der Waals surface area contributed by atoms with E-state index in [2.05, 4.69) is 15.9 Å². The lowest BCUT2D eigenvalue weighted by atomic mass is 10.3. The van der Waals surface area contributed by atoms with Crippen molar-refractivity contribution in [3.8, 4) is 11.5 Å². The number of rotatable bonds is 1. The van der Waals surface area contributed by atoms with Gasteiger partial charge in [-0.2, -0.15) is 0 Å². The van der Waals surface area contributed by atoms with Crippen molar-refractivity contribution in [2.24, 2.45) is 5.14 Å². The highest BCUT2D eigenvalue weighted by molar-refractivity contribution is 9.10. The number of hydrogen-bond donors (Lipinski definition) is 2. The molecule has 0 fully saturated rings. The normalized spacial score (nSPS) is 14.3. The molecule has 15 heavy (non-hydrogen) atoms. The minimum absolute atomic E-state index is 0.0479. The van der Waals surface area contributed by atoms with Crippen LogP contribution in [0.25, 0.3) is 0 Å². The zero-order valence-corrected chi connectivity index (χ0v) is 9.76. The van der Waals surface area contributed by atoms with Crippen LogP contribution in [0.3, 0.4) is 0 Å². The van der Waals surface area contributed by atoms with E-state index in [-0.39, 0.29) is 33.3 Å². The van der Waals surface area contributed by atoms with Gasteiger partial charge in [0, 0.05) is 6.07 Å². The summed E-state index contributed by atoms with van der Waals surface area (Å²) in [4.78, 5) is -0.185. The van der Waals surface area contributed by atoms with Crippen LogP contribution in [0.15, 0.2) is 15.4 Å². The number of fused-ring (bicyclic) bond motifs is 1. The summed E-state index contributed by atoms with van der Waals surface area (Å²) in [6.07, 6.45) is 0. The molecule has 0 saturated heterocycles. The van der Waals surface area contributed by atoms with Gasteiger partial charge in [0.25, 0.3) is 0 Å². The standard InChI is InChI=1S/C7H7BrN2O4S/c8-5-3(9)1-4-6(14-2-13-4)7(5)15(10,11)12/h1H,2,9H2,(H2,10,11,12). The van der Waals surface area contributed by atoms with Crippen LogP contribution in [0.5, 0.6) is 11.5 Å². The summed E-state index contributed by atoms with van der Waals surface area (Å²) in [6, 6.07) is 1.47. The third kappa shape index (κ3) is 1.64. The van der Waals surface area contributed by atoms with Gasteiger partial charge in [0.2, 0.25) is 16.8 Å². The monoisotopic (exact) mass is 294 g/mol. The number of sulfonamides is 1. The molecule has 0 aliphatic carbocycles. The number of nitrogens with two attached hydrogens (primary N) is 2. The van der Waals surface area contributed by atoms with Gasteiger partial charge in [-0.3, -0.25) is 0 Å². The van der Waals surface area contributed by atoms with Gasteiger partial charge in [0.1, 0.15) is 4.90 Å². The first-order chi connectivity index (χ1) is 6.91. The second kappa shape index (κ2) is 3.26. The molecule has 6 nitrogen and oxygen atoms in total. The Morgan fingerprint density at radius 2 is 2.07 bits per heavy atom. The maximum atomic E-state index is 11.3. The van der Waals surface area contributed by atoms with Crippen molar-refractivity contribution in [2.75, 3.05) is 12.5 Å². The molecular formula is C7H7BrN2O4S. The van der Waals surface area contributed by atoms with Crippen LogP contribution in [-0.4, -0.2) is 15.2 Å². The summed E-state index contributed by atoms with van der Waals surface area (Å²) < 4.78 is 32.9. The number of nitrogen functional groups attached to an aromatic ring is 1. The molecule has 1 aromatic carbocycles. The number of anilines is 1. The highest BCUT2D eigenvalue weighted by Gasteiger charge is 2.28. The van der Waals surface area contributed by atoms with Crippen molar-refractivity contribution in [2.45, 2.75) is 4.90 Å². The second-order valence-corrected chi connectivity index (χ2v) is 5.18. The number of ether oxygens (including phenoxy) is 2. The molecule has 0 radical (unpaired) electrons. The largest absolute Gasteiger partial charge is 0.453 e. The van der Waals surface area contributed by atoms with E-state index < -0.39 is 10.0 Å². The zero-order valence-electron chi connectivity index (χ0n) is 7.36. The van der Waals surface area contributed by atoms with E-state index in [0.29, 0.717) is 0 Å². The van der Waals surface area contributed by atoms with E-state index in [9.17, 15) is 8.42 Å². The fourth-order valence-electron chi connectivity index (χ4n) is 1.26. The van der Waals surface area contributed by atoms with Gasteiger partial charge >= 0.3 is 0 Å². The molecule has 0 atom stereocenters. The van der Waals surface area contributed by atoms with E-state index in [1.807, 2.05) is 0 Å². The van der Waals surface area contributed by atoms with E-state index in [4.69, 9.17) is 20.3 Å². The Kier molecular flexibility index (Phi) is 2.28. The van der Waals surface area contributed by atoms with Crippen molar-refractivity contribution in [3.63, 3.8) is 0 Å². The molecule has 2 rings (SSSR count). The highest BCUT2D eigenvalue weighted by Crippen LogP contribution is 2.44. The Balaban J connectivity index is 2.83. The molecule has 1 heterocycles. The fourth-order valence-corrected chi connectivity index (χ4v) is 3.02. The van der Waals surface area contributed by atoms with Crippen LogP contribution in [-0.2, 0) is 10.0 Å². The first kappa shape index (κ1) is 10.5. The van der Waals surface area contributed by atoms with Crippen LogP contribution >= 0.6 is 15.9 Å². The van der Waals surface area contributed by atoms with Crippen molar-refractivity contribution in [1.82, 2.24) is 0 Å². The Morgan fingerprint density at radius 3 is 2.67 bits per heavy atom. The summed E-state index contributed by atoms with van der Waals surface area (Å²) in [5.41, 5.74) is 5.81. The molecule has 4 N–H and O–H groups in total. The summed E-state index contributed by atoms with van der Waals surface area (Å²) in [5.74, 6) is 0.373. The van der Waals surface area contributed by atoms with Gasteiger partial charge in [-0.15, -0.1) is 0 Å². The molecule has 0 spiro atoms. The lowest BCUT2D eigenvalue weighted by Gasteiger charge is -2.08. The van der Waals surface area contributed by atoms with Crippen molar-refractivity contribution >= 4 is 31.6 Å². The molecule has 0 saturated carbocycles. The topological polar surface area (TPSA) is 105 Å². The lowest BCUT2D eigenvalue weighted by molar-refractivity contribution is 0.172. The van der Waals surface area contributed by atoms with Crippen LogP contribution in [0.2, 0.25) is 0 Å².